The number of unbranched alkanes of at least 4 members (excludes halogenated alkanes) is 1. The third-order valence-corrected chi connectivity index (χ3v) is 3.31. The predicted octanol–water partition coefficient (Wildman–Crippen LogP) is 3.14. The maximum absolute atomic E-state index is 5.54. The van der Waals surface area contributed by atoms with E-state index in [0.29, 0.717) is 0 Å². The SMILES string of the molecule is C=CCCCOCCNC1CCCC(C)C1. The Hall–Kier alpha value is -0.340. The van der Waals surface area contributed by atoms with Crippen LogP contribution in [0.4, 0.5) is 0 Å². The minimum atomic E-state index is 0.737. The molecule has 2 nitrogen and oxygen atoms in total. The van der Waals surface area contributed by atoms with E-state index in [1.54, 1.807) is 0 Å². The lowest BCUT2D eigenvalue weighted by Gasteiger charge is -2.27. The summed E-state index contributed by atoms with van der Waals surface area (Å²) in [4.78, 5) is 0. The van der Waals surface area contributed by atoms with Gasteiger partial charge in [-0.05, 0) is 31.6 Å². The summed E-state index contributed by atoms with van der Waals surface area (Å²) in [5.74, 6) is 0.903. The van der Waals surface area contributed by atoms with Gasteiger partial charge in [0.25, 0.3) is 0 Å². The Labute approximate surface area is 100 Å². The fourth-order valence-corrected chi connectivity index (χ4v) is 2.39. The van der Waals surface area contributed by atoms with Crippen molar-refractivity contribution in [3.8, 4) is 0 Å². The topological polar surface area (TPSA) is 21.3 Å². The maximum Gasteiger partial charge on any atom is 0.0591 e. The highest BCUT2D eigenvalue weighted by molar-refractivity contribution is 4.75. The van der Waals surface area contributed by atoms with Gasteiger partial charge in [0, 0.05) is 19.2 Å². The van der Waals surface area contributed by atoms with Crippen LogP contribution in [0.2, 0.25) is 0 Å². The standard InChI is InChI=1S/C14H27NO/c1-3-4-5-10-16-11-9-15-14-8-6-7-13(2)12-14/h3,13-15H,1,4-12H2,2H3. The molecular weight excluding hydrogens is 198 g/mol. The van der Waals surface area contributed by atoms with E-state index in [0.717, 1.165) is 44.6 Å². The molecule has 0 radical (unpaired) electrons. The summed E-state index contributed by atoms with van der Waals surface area (Å²) in [6.45, 7) is 8.78. The van der Waals surface area contributed by atoms with Crippen molar-refractivity contribution in [2.45, 2.75) is 51.5 Å². The van der Waals surface area contributed by atoms with Crippen molar-refractivity contribution in [1.29, 1.82) is 0 Å². The van der Waals surface area contributed by atoms with Gasteiger partial charge >= 0.3 is 0 Å². The summed E-state index contributed by atoms with van der Waals surface area (Å²) in [5.41, 5.74) is 0. The van der Waals surface area contributed by atoms with E-state index in [4.69, 9.17) is 4.74 Å². The second-order valence-electron chi connectivity index (χ2n) is 4.97. The molecule has 16 heavy (non-hydrogen) atoms. The average Bonchev–Trinajstić information content (AvgIpc) is 2.28. The van der Waals surface area contributed by atoms with Gasteiger partial charge in [0.15, 0.2) is 0 Å². The Bertz CT molecular complexity index is 182. The van der Waals surface area contributed by atoms with Gasteiger partial charge < -0.3 is 10.1 Å². The van der Waals surface area contributed by atoms with Crippen LogP contribution in [-0.2, 0) is 4.74 Å². The van der Waals surface area contributed by atoms with E-state index in [1.807, 2.05) is 6.08 Å². The summed E-state index contributed by atoms with van der Waals surface area (Å²) in [6, 6.07) is 0.737. The molecule has 1 aliphatic carbocycles. The molecule has 0 aromatic carbocycles. The molecule has 2 heteroatoms. The molecule has 0 bridgehead atoms. The van der Waals surface area contributed by atoms with Gasteiger partial charge in [-0.1, -0.05) is 25.8 Å². The van der Waals surface area contributed by atoms with Crippen LogP contribution in [0, 0.1) is 5.92 Å². The third-order valence-electron chi connectivity index (χ3n) is 3.31. The van der Waals surface area contributed by atoms with Crippen molar-refractivity contribution in [2.24, 2.45) is 5.92 Å². The largest absolute Gasteiger partial charge is 0.380 e. The normalized spacial score (nSPS) is 25.6. The second-order valence-corrected chi connectivity index (χ2v) is 4.97. The molecule has 1 fully saturated rings. The molecule has 0 aromatic heterocycles. The molecule has 0 amide bonds. The lowest BCUT2D eigenvalue weighted by Crippen LogP contribution is -2.35. The van der Waals surface area contributed by atoms with Crippen molar-refractivity contribution in [3.05, 3.63) is 12.7 Å². The maximum atomic E-state index is 5.54. The fourth-order valence-electron chi connectivity index (χ4n) is 2.39. The molecule has 2 unspecified atom stereocenters. The van der Waals surface area contributed by atoms with Gasteiger partial charge in [-0.3, -0.25) is 0 Å². The van der Waals surface area contributed by atoms with Gasteiger partial charge in [-0.25, -0.2) is 0 Å². The van der Waals surface area contributed by atoms with E-state index in [2.05, 4.69) is 18.8 Å². The van der Waals surface area contributed by atoms with Crippen molar-refractivity contribution < 1.29 is 4.74 Å². The van der Waals surface area contributed by atoms with Crippen LogP contribution < -0.4 is 5.32 Å². The molecular formula is C14H27NO. The first-order valence-electron chi connectivity index (χ1n) is 6.75. The average molecular weight is 225 g/mol. The zero-order valence-electron chi connectivity index (χ0n) is 10.7. The second kappa shape index (κ2) is 8.77. The fraction of sp³-hybridized carbons (Fsp3) is 0.857. The Morgan fingerprint density at radius 1 is 1.38 bits per heavy atom. The zero-order chi connectivity index (χ0) is 11.6. The minimum absolute atomic E-state index is 0.737. The van der Waals surface area contributed by atoms with E-state index in [-0.39, 0.29) is 0 Å². The van der Waals surface area contributed by atoms with Gasteiger partial charge in [0.1, 0.15) is 0 Å². The summed E-state index contributed by atoms with van der Waals surface area (Å²) < 4.78 is 5.54. The molecule has 1 N–H and O–H groups in total. The van der Waals surface area contributed by atoms with Gasteiger partial charge in [0.2, 0.25) is 0 Å². The summed E-state index contributed by atoms with van der Waals surface area (Å²) in [6.07, 6.45) is 9.61. The molecule has 0 aliphatic heterocycles. The lowest BCUT2D eigenvalue weighted by atomic mass is 9.87. The van der Waals surface area contributed by atoms with Crippen LogP contribution in [0.5, 0.6) is 0 Å². The quantitative estimate of drug-likeness (QED) is 0.506. The van der Waals surface area contributed by atoms with Crippen molar-refractivity contribution in [1.82, 2.24) is 5.32 Å². The number of nitrogens with one attached hydrogen (secondary N) is 1. The van der Waals surface area contributed by atoms with Crippen molar-refractivity contribution >= 4 is 0 Å². The Morgan fingerprint density at radius 2 is 2.25 bits per heavy atom. The molecule has 0 aromatic rings. The first-order valence-corrected chi connectivity index (χ1v) is 6.75. The van der Waals surface area contributed by atoms with Crippen LogP contribution in [0.1, 0.15) is 45.4 Å². The Balaban J connectivity index is 1.88. The Morgan fingerprint density at radius 3 is 3.00 bits per heavy atom. The molecule has 0 spiro atoms. The van der Waals surface area contributed by atoms with E-state index in [1.165, 1.54) is 25.7 Å². The van der Waals surface area contributed by atoms with Crippen LogP contribution in [0.25, 0.3) is 0 Å². The molecule has 1 aliphatic rings. The molecule has 2 atom stereocenters. The first-order chi connectivity index (χ1) is 7.83. The number of allylic oxidation sites excluding steroid dienone is 1. The monoisotopic (exact) mass is 225 g/mol. The zero-order valence-corrected chi connectivity index (χ0v) is 10.7. The van der Waals surface area contributed by atoms with E-state index < -0.39 is 0 Å². The third kappa shape index (κ3) is 6.29. The smallest absolute Gasteiger partial charge is 0.0591 e. The molecule has 0 heterocycles. The van der Waals surface area contributed by atoms with E-state index in [9.17, 15) is 0 Å². The number of rotatable bonds is 8. The van der Waals surface area contributed by atoms with Gasteiger partial charge in [-0.15, -0.1) is 6.58 Å². The first kappa shape index (κ1) is 13.7. The van der Waals surface area contributed by atoms with Crippen LogP contribution in [0.3, 0.4) is 0 Å². The molecule has 1 rings (SSSR count). The Kier molecular flexibility index (Phi) is 7.52. The number of ether oxygens (including phenoxy) is 1. The molecule has 94 valence electrons. The van der Waals surface area contributed by atoms with Crippen LogP contribution in [-0.4, -0.2) is 25.8 Å². The van der Waals surface area contributed by atoms with E-state index >= 15 is 0 Å². The summed E-state index contributed by atoms with van der Waals surface area (Å²) >= 11 is 0. The lowest BCUT2D eigenvalue weighted by molar-refractivity contribution is 0.129. The van der Waals surface area contributed by atoms with Crippen molar-refractivity contribution in [3.63, 3.8) is 0 Å². The summed E-state index contributed by atoms with van der Waals surface area (Å²) in [5, 5.41) is 3.60. The molecule has 0 saturated heterocycles. The number of hydrogen-bond donors (Lipinski definition) is 1. The molecule has 1 saturated carbocycles. The van der Waals surface area contributed by atoms with Crippen LogP contribution >= 0.6 is 0 Å². The highest BCUT2D eigenvalue weighted by Crippen LogP contribution is 2.23. The minimum Gasteiger partial charge on any atom is -0.380 e. The highest BCUT2D eigenvalue weighted by atomic mass is 16.5. The van der Waals surface area contributed by atoms with Crippen molar-refractivity contribution in [2.75, 3.05) is 19.8 Å². The number of hydrogen-bond acceptors (Lipinski definition) is 2. The predicted molar refractivity (Wildman–Crippen MR) is 69.7 cm³/mol. The van der Waals surface area contributed by atoms with Gasteiger partial charge in [0.05, 0.1) is 6.61 Å². The highest BCUT2D eigenvalue weighted by Gasteiger charge is 2.17. The van der Waals surface area contributed by atoms with Gasteiger partial charge in [-0.2, -0.15) is 0 Å². The summed E-state index contributed by atoms with van der Waals surface area (Å²) in [7, 11) is 0. The van der Waals surface area contributed by atoms with Crippen LogP contribution in [0.15, 0.2) is 12.7 Å².